The molecule has 0 saturated heterocycles. The van der Waals surface area contributed by atoms with Gasteiger partial charge in [0.15, 0.2) is 0 Å². The second-order valence-electron chi connectivity index (χ2n) is 5.56. The lowest BCUT2D eigenvalue weighted by Crippen LogP contribution is -1.94. The molecule has 0 N–H and O–H groups in total. The van der Waals surface area contributed by atoms with E-state index in [0.717, 1.165) is 33.5 Å². The molecule has 4 rings (SSSR count). The van der Waals surface area contributed by atoms with Gasteiger partial charge in [-0.1, -0.05) is 78.9 Å². The van der Waals surface area contributed by atoms with Crippen LogP contribution < -0.4 is 0 Å². The molecule has 0 aliphatic carbocycles. The van der Waals surface area contributed by atoms with E-state index < -0.39 is 0 Å². The highest BCUT2D eigenvalue weighted by Gasteiger charge is 2.08. The molecule has 0 atom stereocenters. The number of para-hydroxylation sites is 2. The van der Waals surface area contributed by atoms with Crippen molar-refractivity contribution in [1.82, 2.24) is 9.97 Å². The molecule has 2 nitrogen and oxygen atoms in total. The number of hydrogen-bond donors (Lipinski definition) is 0. The Morgan fingerprint density at radius 3 is 1.83 bits per heavy atom. The van der Waals surface area contributed by atoms with Crippen molar-refractivity contribution < 1.29 is 0 Å². The SMILES string of the molecule is C(=C\c1nc2ccccc2nc1-c1ccccc1)/c1ccccc1. The fraction of sp³-hybridized carbons (Fsp3) is 0. The lowest BCUT2D eigenvalue weighted by molar-refractivity contribution is 1.27. The average molecular weight is 308 g/mol. The number of aromatic nitrogens is 2. The van der Waals surface area contributed by atoms with Gasteiger partial charge in [0.2, 0.25) is 0 Å². The highest BCUT2D eigenvalue weighted by Crippen LogP contribution is 2.24. The van der Waals surface area contributed by atoms with Crippen LogP contribution in [0.25, 0.3) is 34.4 Å². The van der Waals surface area contributed by atoms with E-state index in [0.29, 0.717) is 0 Å². The van der Waals surface area contributed by atoms with Crippen molar-refractivity contribution in [3.05, 3.63) is 96.2 Å². The first-order chi connectivity index (χ1) is 11.9. The Labute approximate surface area is 141 Å². The highest BCUT2D eigenvalue weighted by atomic mass is 14.8. The van der Waals surface area contributed by atoms with Crippen LogP contribution in [0, 0.1) is 0 Å². The van der Waals surface area contributed by atoms with Gasteiger partial charge >= 0.3 is 0 Å². The number of rotatable bonds is 3. The molecule has 24 heavy (non-hydrogen) atoms. The normalized spacial score (nSPS) is 11.2. The Bertz CT molecular complexity index is 990. The Morgan fingerprint density at radius 1 is 0.542 bits per heavy atom. The van der Waals surface area contributed by atoms with Gasteiger partial charge in [-0.15, -0.1) is 0 Å². The molecule has 0 aliphatic rings. The molecular weight excluding hydrogens is 292 g/mol. The van der Waals surface area contributed by atoms with Gasteiger partial charge in [0.05, 0.1) is 22.4 Å². The van der Waals surface area contributed by atoms with Crippen LogP contribution in [0.5, 0.6) is 0 Å². The molecule has 3 aromatic carbocycles. The van der Waals surface area contributed by atoms with Crippen LogP contribution in [0.1, 0.15) is 11.3 Å². The first-order valence-electron chi connectivity index (χ1n) is 7.95. The molecule has 0 spiro atoms. The van der Waals surface area contributed by atoms with E-state index in [1.807, 2.05) is 66.7 Å². The summed E-state index contributed by atoms with van der Waals surface area (Å²) < 4.78 is 0. The van der Waals surface area contributed by atoms with Crippen LogP contribution in [0.3, 0.4) is 0 Å². The molecule has 0 unspecified atom stereocenters. The summed E-state index contributed by atoms with van der Waals surface area (Å²) in [6.07, 6.45) is 4.11. The molecular formula is C22H16N2. The lowest BCUT2D eigenvalue weighted by atomic mass is 10.1. The molecule has 0 saturated carbocycles. The van der Waals surface area contributed by atoms with E-state index in [1.165, 1.54) is 0 Å². The summed E-state index contributed by atoms with van der Waals surface area (Å²) in [6, 6.07) is 28.4. The van der Waals surface area contributed by atoms with Gasteiger partial charge in [0, 0.05) is 5.56 Å². The zero-order chi connectivity index (χ0) is 16.2. The predicted molar refractivity (Wildman–Crippen MR) is 100 cm³/mol. The van der Waals surface area contributed by atoms with Gasteiger partial charge < -0.3 is 0 Å². The first-order valence-corrected chi connectivity index (χ1v) is 7.95. The van der Waals surface area contributed by atoms with Gasteiger partial charge in [0.25, 0.3) is 0 Å². The van der Waals surface area contributed by atoms with Crippen molar-refractivity contribution in [1.29, 1.82) is 0 Å². The van der Waals surface area contributed by atoms with Crippen LogP contribution in [-0.2, 0) is 0 Å². The lowest BCUT2D eigenvalue weighted by Gasteiger charge is -2.07. The standard InChI is InChI=1S/C22H16N2/c1-3-9-17(10-4-1)15-16-21-22(18-11-5-2-6-12-18)24-20-14-8-7-13-19(20)23-21/h1-16H/b16-15+. The van der Waals surface area contributed by atoms with Gasteiger partial charge in [-0.05, 0) is 23.8 Å². The highest BCUT2D eigenvalue weighted by molar-refractivity contribution is 5.84. The predicted octanol–water partition coefficient (Wildman–Crippen LogP) is 5.47. The molecule has 0 aliphatic heterocycles. The summed E-state index contributed by atoms with van der Waals surface area (Å²) in [6.45, 7) is 0. The van der Waals surface area contributed by atoms with E-state index >= 15 is 0 Å². The van der Waals surface area contributed by atoms with Crippen molar-refractivity contribution >= 4 is 23.2 Å². The molecule has 0 amide bonds. The van der Waals surface area contributed by atoms with E-state index in [4.69, 9.17) is 9.97 Å². The van der Waals surface area contributed by atoms with Gasteiger partial charge in [-0.25, -0.2) is 9.97 Å². The molecule has 1 aromatic heterocycles. The van der Waals surface area contributed by atoms with Crippen molar-refractivity contribution in [3.8, 4) is 11.3 Å². The minimum atomic E-state index is 0.878. The van der Waals surface area contributed by atoms with E-state index in [2.05, 4.69) is 30.3 Å². The third-order valence-electron chi connectivity index (χ3n) is 3.88. The summed E-state index contributed by atoms with van der Waals surface area (Å²) in [4.78, 5) is 9.66. The third kappa shape index (κ3) is 2.95. The summed E-state index contributed by atoms with van der Waals surface area (Å²) in [5.41, 5.74) is 5.82. The van der Waals surface area contributed by atoms with E-state index in [1.54, 1.807) is 0 Å². The third-order valence-corrected chi connectivity index (χ3v) is 3.88. The van der Waals surface area contributed by atoms with Crippen LogP contribution in [-0.4, -0.2) is 9.97 Å². The molecule has 114 valence electrons. The van der Waals surface area contributed by atoms with Crippen LogP contribution in [0.2, 0.25) is 0 Å². The fourth-order valence-corrected chi connectivity index (χ4v) is 2.68. The number of hydrogen-bond acceptors (Lipinski definition) is 2. The fourth-order valence-electron chi connectivity index (χ4n) is 2.68. The monoisotopic (exact) mass is 308 g/mol. The molecule has 1 heterocycles. The van der Waals surface area contributed by atoms with Crippen LogP contribution in [0.15, 0.2) is 84.9 Å². The topological polar surface area (TPSA) is 25.8 Å². The second-order valence-corrected chi connectivity index (χ2v) is 5.56. The maximum absolute atomic E-state index is 4.84. The summed E-state index contributed by atoms with van der Waals surface area (Å²) in [5, 5.41) is 0. The molecule has 4 aromatic rings. The minimum Gasteiger partial charge on any atom is -0.244 e. The maximum Gasteiger partial charge on any atom is 0.0966 e. The summed E-state index contributed by atoms with van der Waals surface area (Å²) in [7, 11) is 0. The maximum atomic E-state index is 4.84. The van der Waals surface area contributed by atoms with Gasteiger partial charge in [-0.2, -0.15) is 0 Å². The average Bonchev–Trinajstić information content (AvgIpc) is 2.67. The molecule has 0 bridgehead atoms. The van der Waals surface area contributed by atoms with Crippen molar-refractivity contribution in [2.75, 3.05) is 0 Å². The Morgan fingerprint density at radius 2 is 1.12 bits per heavy atom. The first kappa shape index (κ1) is 14.3. The number of fused-ring (bicyclic) bond motifs is 1. The summed E-state index contributed by atoms with van der Waals surface area (Å²) in [5.74, 6) is 0. The van der Waals surface area contributed by atoms with Crippen LogP contribution in [0.4, 0.5) is 0 Å². The molecule has 0 radical (unpaired) electrons. The van der Waals surface area contributed by atoms with Crippen molar-refractivity contribution in [2.24, 2.45) is 0 Å². The Kier molecular flexibility index (Phi) is 3.86. The summed E-state index contributed by atoms with van der Waals surface area (Å²) >= 11 is 0. The quantitative estimate of drug-likeness (QED) is 0.501. The van der Waals surface area contributed by atoms with Crippen molar-refractivity contribution in [2.45, 2.75) is 0 Å². The van der Waals surface area contributed by atoms with Crippen LogP contribution >= 0.6 is 0 Å². The Balaban J connectivity index is 1.87. The van der Waals surface area contributed by atoms with Gasteiger partial charge in [-0.3, -0.25) is 0 Å². The zero-order valence-corrected chi connectivity index (χ0v) is 13.1. The second kappa shape index (κ2) is 6.47. The Hall–Kier alpha value is -3.26. The molecule has 2 heteroatoms. The number of benzene rings is 3. The van der Waals surface area contributed by atoms with Crippen molar-refractivity contribution in [3.63, 3.8) is 0 Å². The molecule has 0 fully saturated rings. The largest absolute Gasteiger partial charge is 0.244 e. The zero-order valence-electron chi connectivity index (χ0n) is 13.1. The minimum absolute atomic E-state index is 0.878. The smallest absolute Gasteiger partial charge is 0.0966 e. The van der Waals surface area contributed by atoms with Gasteiger partial charge in [0.1, 0.15) is 0 Å². The van der Waals surface area contributed by atoms with E-state index in [-0.39, 0.29) is 0 Å². The number of nitrogens with zero attached hydrogens (tertiary/aromatic N) is 2. The van der Waals surface area contributed by atoms with E-state index in [9.17, 15) is 0 Å².